The fraction of sp³-hybridized carbons (Fsp3) is 0.333. The lowest BCUT2D eigenvalue weighted by Crippen LogP contribution is -2.49. The van der Waals surface area contributed by atoms with Gasteiger partial charge in [-0.2, -0.15) is 15.8 Å². The number of nitrogens with zero attached hydrogens (tertiary/aromatic N) is 4. The van der Waals surface area contributed by atoms with Crippen LogP contribution in [0.25, 0.3) is 0 Å². The molecule has 0 bridgehead atoms. The van der Waals surface area contributed by atoms with E-state index in [0.29, 0.717) is 5.57 Å². The Hall–Kier alpha value is -3.90. The largest absolute Gasteiger partial charge is 0.450 e. The van der Waals surface area contributed by atoms with E-state index in [-0.39, 0.29) is 36.5 Å². The SMILES string of the molecule is CCOC(=O)N1CC=C2C(C#N)=C(N)C(C#N)(C#N)[C@H](c3ccc(F)c(F)c3)[C@H]2C1. The average molecular weight is 409 g/mol. The van der Waals surface area contributed by atoms with Gasteiger partial charge < -0.3 is 15.4 Å². The minimum atomic E-state index is -2.00. The van der Waals surface area contributed by atoms with Crippen molar-refractivity contribution in [3.05, 3.63) is 58.3 Å². The summed E-state index contributed by atoms with van der Waals surface area (Å²) in [6.45, 7) is 1.96. The highest BCUT2D eigenvalue weighted by Gasteiger charge is 2.55. The molecule has 1 aromatic carbocycles. The Labute approximate surface area is 171 Å². The Morgan fingerprint density at radius 1 is 1.30 bits per heavy atom. The van der Waals surface area contributed by atoms with Gasteiger partial charge in [-0.3, -0.25) is 0 Å². The van der Waals surface area contributed by atoms with Crippen molar-refractivity contribution in [1.82, 2.24) is 4.90 Å². The number of hydrogen-bond acceptors (Lipinski definition) is 6. The van der Waals surface area contributed by atoms with Crippen molar-refractivity contribution in [3.8, 4) is 18.2 Å². The standard InChI is InChI=1S/C21H17F2N5O2/c1-2-30-20(29)28-6-5-13-14(8-24)19(27)21(10-25,11-26)18(15(13)9-28)12-3-4-16(22)17(23)7-12/h3-5,7,15,18H,2,6,9,27H2,1H3/t15-,18+/m0/s1. The summed E-state index contributed by atoms with van der Waals surface area (Å²) >= 11 is 0. The number of nitriles is 3. The van der Waals surface area contributed by atoms with Gasteiger partial charge in [0.05, 0.1) is 30.0 Å². The second-order valence-electron chi connectivity index (χ2n) is 6.95. The fourth-order valence-electron chi connectivity index (χ4n) is 4.13. The molecule has 0 unspecified atom stereocenters. The first-order valence-corrected chi connectivity index (χ1v) is 9.14. The molecule has 1 aliphatic heterocycles. The molecule has 30 heavy (non-hydrogen) atoms. The van der Waals surface area contributed by atoms with Gasteiger partial charge in [0.15, 0.2) is 17.0 Å². The van der Waals surface area contributed by atoms with Crippen molar-refractivity contribution in [1.29, 1.82) is 15.8 Å². The maximum absolute atomic E-state index is 14.0. The minimum absolute atomic E-state index is 0.00885. The summed E-state index contributed by atoms with van der Waals surface area (Å²) < 4.78 is 32.6. The molecule has 1 aromatic rings. The van der Waals surface area contributed by atoms with E-state index in [1.165, 1.54) is 11.0 Å². The molecule has 9 heteroatoms. The molecule has 152 valence electrons. The molecule has 0 saturated carbocycles. The average Bonchev–Trinajstić information content (AvgIpc) is 2.75. The fourth-order valence-corrected chi connectivity index (χ4v) is 4.13. The summed E-state index contributed by atoms with van der Waals surface area (Å²) in [7, 11) is 0. The second-order valence-corrected chi connectivity index (χ2v) is 6.95. The van der Waals surface area contributed by atoms with Gasteiger partial charge in [0.25, 0.3) is 0 Å². The number of ether oxygens (including phenoxy) is 1. The molecule has 2 atom stereocenters. The van der Waals surface area contributed by atoms with Crippen LogP contribution in [0.4, 0.5) is 13.6 Å². The molecule has 1 aliphatic carbocycles. The zero-order chi connectivity index (χ0) is 22.1. The summed E-state index contributed by atoms with van der Waals surface area (Å²) in [6.07, 6.45) is 1.01. The third kappa shape index (κ3) is 3.03. The van der Waals surface area contributed by atoms with E-state index >= 15 is 0 Å². The van der Waals surface area contributed by atoms with Crippen LogP contribution in [0.1, 0.15) is 18.4 Å². The van der Waals surface area contributed by atoms with Crippen molar-refractivity contribution in [2.24, 2.45) is 17.1 Å². The molecule has 1 heterocycles. The molecule has 3 rings (SSSR count). The first kappa shape index (κ1) is 20.8. The predicted octanol–water partition coefficient (Wildman–Crippen LogP) is 2.85. The van der Waals surface area contributed by atoms with Gasteiger partial charge in [-0.15, -0.1) is 0 Å². The maximum Gasteiger partial charge on any atom is 0.410 e. The van der Waals surface area contributed by atoms with Gasteiger partial charge in [-0.05, 0) is 30.2 Å². The van der Waals surface area contributed by atoms with E-state index in [4.69, 9.17) is 10.5 Å². The molecule has 0 radical (unpaired) electrons. The smallest absolute Gasteiger partial charge is 0.410 e. The van der Waals surface area contributed by atoms with E-state index in [1.54, 1.807) is 13.0 Å². The lowest BCUT2D eigenvalue weighted by atomic mass is 9.58. The normalized spacial score (nSPS) is 22.1. The third-order valence-electron chi connectivity index (χ3n) is 5.49. The highest BCUT2D eigenvalue weighted by molar-refractivity contribution is 5.69. The van der Waals surface area contributed by atoms with Gasteiger partial charge >= 0.3 is 6.09 Å². The quantitative estimate of drug-likeness (QED) is 0.800. The first-order valence-electron chi connectivity index (χ1n) is 9.14. The Balaban J connectivity index is 2.26. The summed E-state index contributed by atoms with van der Waals surface area (Å²) in [5.74, 6) is -3.99. The highest BCUT2D eigenvalue weighted by atomic mass is 19.2. The van der Waals surface area contributed by atoms with Crippen LogP contribution in [0.2, 0.25) is 0 Å². The topological polar surface area (TPSA) is 127 Å². The minimum Gasteiger partial charge on any atom is -0.450 e. The summed E-state index contributed by atoms with van der Waals surface area (Å²) in [5.41, 5.74) is 4.51. The van der Waals surface area contributed by atoms with Crippen LogP contribution < -0.4 is 5.73 Å². The number of benzene rings is 1. The van der Waals surface area contributed by atoms with Crippen molar-refractivity contribution < 1.29 is 18.3 Å². The lowest BCUT2D eigenvalue weighted by molar-refractivity contribution is 0.0999. The van der Waals surface area contributed by atoms with E-state index < -0.39 is 35.0 Å². The Bertz CT molecular complexity index is 1080. The van der Waals surface area contributed by atoms with E-state index in [0.717, 1.165) is 12.1 Å². The van der Waals surface area contributed by atoms with E-state index in [2.05, 4.69) is 0 Å². The number of allylic oxidation sites excluding steroid dienone is 2. The third-order valence-corrected chi connectivity index (χ3v) is 5.49. The van der Waals surface area contributed by atoms with Gasteiger partial charge in [0, 0.05) is 24.9 Å². The number of fused-ring (bicyclic) bond motifs is 1. The molecule has 0 fully saturated rings. The monoisotopic (exact) mass is 409 g/mol. The highest BCUT2D eigenvalue weighted by Crippen LogP contribution is 2.54. The number of hydrogen-bond donors (Lipinski definition) is 1. The molecular weight excluding hydrogens is 392 g/mol. The van der Waals surface area contributed by atoms with Crippen LogP contribution in [0, 0.1) is 57.0 Å². The van der Waals surface area contributed by atoms with Crippen molar-refractivity contribution in [2.75, 3.05) is 19.7 Å². The van der Waals surface area contributed by atoms with Crippen LogP contribution in [0.5, 0.6) is 0 Å². The van der Waals surface area contributed by atoms with Crippen molar-refractivity contribution in [2.45, 2.75) is 12.8 Å². The molecular formula is C21H17F2N5O2. The van der Waals surface area contributed by atoms with Crippen LogP contribution in [0.15, 0.2) is 41.1 Å². The molecule has 2 aliphatic rings. The number of rotatable bonds is 2. The van der Waals surface area contributed by atoms with E-state index in [9.17, 15) is 29.4 Å². The number of carbonyl (C=O) groups excluding carboxylic acids is 1. The number of carbonyl (C=O) groups is 1. The summed E-state index contributed by atoms with van der Waals surface area (Å²) in [4.78, 5) is 13.6. The molecule has 0 aromatic heterocycles. The van der Waals surface area contributed by atoms with Gasteiger partial charge in [0.2, 0.25) is 0 Å². The molecule has 0 saturated heterocycles. The van der Waals surface area contributed by atoms with Crippen LogP contribution in [-0.4, -0.2) is 30.7 Å². The molecule has 7 nitrogen and oxygen atoms in total. The molecule has 0 spiro atoms. The Kier molecular flexibility index (Phi) is 5.45. The Morgan fingerprint density at radius 3 is 2.57 bits per heavy atom. The van der Waals surface area contributed by atoms with Gasteiger partial charge in [0.1, 0.15) is 6.07 Å². The number of halogens is 2. The Morgan fingerprint density at radius 2 is 2.00 bits per heavy atom. The maximum atomic E-state index is 14.0. The lowest BCUT2D eigenvalue weighted by Gasteiger charge is -2.45. The van der Waals surface area contributed by atoms with Crippen molar-refractivity contribution >= 4 is 6.09 Å². The van der Waals surface area contributed by atoms with Crippen LogP contribution in [0.3, 0.4) is 0 Å². The molecule has 2 N–H and O–H groups in total. The zero-order valence-corrected chi connectivity index (χ0v) is 16.0. The predicted molar refractivity (Wildman–Crippen MR) is 99.8 cm³/mol. The second kappa shape index (κ2) is 7.85. The van der Waals surface area contributed by atoms with Crippen molar-refractivity contribution in [3.63, 3.8) is 0 Å². The summed E-state index contributed by atoms with van der Waals surface area (Å²) in [5, 5.41) is 29.5. The van der Waals surface area contributed by atoms with Crippen LogP contribution >= 0.6 is 0 Å². The first-order chi connectivity index (χ1) is 14.3. The number of nitrogens with two attached hydrogens (primary N) is 1. The van der Waals surface area contributed by atoms with Crippen LogP contribution in [-0.2, 0) is 4.74 Å². The zero-order valence-electron chi connectivity index (χ0n) is 16.0. The number of amides is 1. The van der Waals surface area contributed by atoms with E-state index in [1.807, 2.05) is 18.2 Å². The van der Waals surface area contributed by atoms with Gasteiger partial charge in [-0.25, -0.2) is 13.6 Å². The molecule has 1 amide bonds. The van der Waals surface area contributed by atoms with Gasteiger partial charge in [-0.1, -0.05) is 12.1 Å². The summed E-state index contributed by atoms with van der Waals surface area (Å²) in [6, 6.07) is 8.83.